The maximum Gasteiger partial charge on any atom is 0.322 e. The smallest absolute Gasteiger partial charge is 0.322 e. The van der Waals surface area contributed by atoms with Gasteiger partial charge in [0.15, 0.2) is 0 Å². The van der Waals surface area contributed by atoms with Crippen LogP contribution in [0, 0.1) is 0 Å². The van der Waals surface area contributed by atoms with E-state index in [9.17, 15) is 27.9 Å². The van der Waals surface area contributed by atoms with Crippen LogP contribution in [0.25, 0.3) is 11.0 Å². The minimum Gasteiger partial charge on any atom is -0.480 e. The number of hydrogen-bond donors (Lipinski definition) is 3. The van der Waals surface area contributed by atoms with Gasteiger partial charge in [0.2, 0.25) is 10.0 Å². The van der Waals surface area contributed by atoms with Crippen molar-refractivity contribution < 1.29 is 18.3 Å². The summed E-state index contributed by atoms with van der Waals surface area (Å²) in [5, 5.41) is 9.26. The van der Waals surface area contributed by atoms with Crippen molar-refractivity contribution >= 4 is 27.0 Å². The molecule has 2 aromatic rings. The summed E-state index contributed by atoms with van der Waals surface area (Å²) in [6, 6.07) is 2.75. The molecule has 3 N–H and O–H groups in total. The number of nitrogens with zero attached hydrogens (tertiary/aromatic N) is 1. The molecule has 1 unspecified atom stereocenters. The number of aromatic amines is 2. The Kier molecular flexibility index (Phi) is 4.01. The molecular formula is C14H15N3O6S. The third-order valence-corrected chi connectivity index (χ3v) is 5.94. The summed E-state index contributed by atoms with van der Waals surface area (Å²) in [6.45, 7) is 0.124. The van der Waals surface area contributed by atoms with Crippen molar-refractivity contribution in [3.63, 3.8) is 0 Å². The number of H-pyrrole nitrogens is 2. The number of piperidine rings is 1. The summed E-state index contributed by atoms with van der Waals surface area (Å²) in [5.41, 5.74) is -1.28. The first-order valence-electron chi connectivity index (χ1n) is 7.32. The van der Waals surface area contributed by atoms with Crippen LogP contribution < -0.4 is 11.1 Å². The van der Waals surface area contributed by atoms with Gasteiger partial charge in [0.05, 0.1) is 15.9 Å². The number of aromatic nitrogens is 2. The first kappa shape index (κ1) is 16.4. The van der Waals surface area contributed by atoms with Gasteiger partial charge in [-0.2, -0.15) is 4.31 Å². The Morgan fingerprint density at radius 1 is 1.12 bits per heavy atom. The molecule has 1 fully saturated rings. The molecule has 3 rings (SSSR count). The van der Waals surface area contributed by atoms with Gasteiger partial charge in [-0.1, -0.05) is 0 Å². The van der Waals surface area contributed by atoms with E-state index in [0.717, 1.165) is 4.31 Å². The molecule has 24 heavy (non-hydrogen) atoms. The molecule has 0 saturated carbocycles. The zero-order valence-corrected chi connectivity index (χ0v) is 13.3. The number of rotatable bonds is 3. The standard InChI is InChI=1S/C14H15N3O6S/c18-12-13(19)16-10-7-8(4-5-9(10)15-12)24(22,23)17-6-2-1-3-11(17)14(20)21/h4-5,7,11H,1-3,6H2,(H,15,18)(H,16,19)(H,20,21). The fraction of sp³-hybridized carbons (Fsp3) is 0.357. The van der Waals surface area contributed by atoms with Crippen molar-refractivity contribution in [2.75, 3.05) is 6.54 Å². The molecule has 1 saturated heterocycles. The third-order valence-electron chi connectivity index (χ3n) is 4.04. The molecule has 1 aliphatic rings. The highest BCUT2D eigenvalue weighted by Crippen LogP contribution is 2.26. The average Bonchev–Trinajstić information content (AvgIpc) is 2.55. The molecule has 128 valence electrons. The van der Waals surface area contributed by atoms with Gasteiger partial charge in [-0.3, -0.25) is 14.4 Å². The lowest BCUT2D eigenvalue weighted by atomic mass is 10.1. The van der Waals surface area contributed by atoms with Gasteiger partial charge in [-0.05, 0) is 37.5 Å². The van der Waals surface area contributed by atoms with Crippen LogP contribution >= 0.6 is 0 Å². The number of carboxylic acid groups (broad SMARTS) is 1. The molecular weight excluding hydrogens is 338 g/mol. The van der Waals surface area contributed by atoms with Crippen molar-refractivity contribution in [2.24, 2.45) is 0 Å². The van der Waals surface area contributed by atoms with E-state index in [2.05, 4.69) is 9.97 Å². The van der Waals surface area contributed by atoms with Crippen LogP contribution in [0.2, 0.25) is 0 Å². The van der Waals surface area contributed by atoms with E-state index in [-0.39, 0.29) is 28.9 Å². The number of carboxylic acids is 1. The van der Waals surface area contributed by atoms with Gasteiger partial charge in [0.1, 0.15) is 6.04 Å². The number of aliphatic carboxylic acids is 1. The van der Waals surface area contributed by atoms with Crippen LogP contribution in [0.15, 0.2) is 32.7 Å². The van der Waals surface area contributed by atoms with E-state index in [1.54, 1.807) is 0 Å². The Labute approximate surface area is 136 Å². The molecule has 1 aromatic heterocycles. The normalized spacial score (nSPS) is 19.4. The van der Waals surface area contributed by atoms with Gasteiger partial charge >= 0.3 is 17.1 Å². The lowest BCUT2D eigenvalue weighted by molar-refractivity contribution is -0.142. The monoisotopic (exact) mass is 353 g/mol. The maximum absolute atomic E-state index is 12.8. The van der Waals surface area contributed by atoms with Gasteiger partial charge < -0.3 is 15.1 Å². The van der Waals surface area contributed by atoms with Gasteiger partial charge in [0.25, 0.3) is 0 Å². The fourth-order valence-electron chi connectivity index (χ4n) is 2.83. The number of fused-ring (bicyclic) bond motifs is 1. The first-order chi connectivity index (χ1) is 11.3. The van der Waals surface area contributed by atoms with E-state index < -0.39 is 33.2 Å². The summed E-state index contributed by atoms with van der Waals surface area (Å²) in [4.78, 5) is 38.5. The average molecular weight is 353 g/mol. The highest BCUT2D eigenvalue weighted by Gasteiger charge is 2.37. The van der Waals surface area contributed by atoms with Crippen molar-refractivity contribution in [1.82, 2.24) is 14.3 Å². The molecule has 0 spiro atoms. The lowest BCUT2D eigenvalue weighted by Crippen LogP contribution is -2.47. The fourth-order valence-corrected chi connectivity index (χ4v) is 4.51. The van der Waals surface area contributed by atoms with E-state index >= 15 is 0 Å². The van der Waals surface area contributed by atoms with Crippen molar-refractivity contribution in [3.8, 4) is 0 Å². The highest BCUT2D eigenvalue weighted by atomic mass is 32.2. The Hall–Kier alpha value is -2.46. The van der Waals surface area contributed by atoms with Crippen LogP contribution in [-0.4, -0.2) is 46.4 Å². The van der Waals surface area contributed by atoms with Gasteiger partial charge in [-0.15, -0.1) is 0 Å². The SMILES string of the molecule is O=C(O)C1CCCCN1S(=O)(=O)c1ccc2[nH]c(=O)c(=O)[nH]c2c1. The molecule has 0 aliphatic carbocycles. The molecule has 2 heterocycles. The second-order valence-electron chi connectivity index (χ2n) is 5.58. The Morgan fingerprint density at radius 3 is 2.46 bits per heavy atom. The van der Waals surface area contributed by atoms with Gasteiger partial charge in [0, 0.05) is 6.54 Å². The predicted octanol–water partition coefficient (Wildman–Crippen LogP) is -0.156. The largest absolute Gasteiger partial charge is 0.480 e. The number of benzene rings is 1. The van der Waals surface area contributed by atoms with Crippen LogP contribution in [-0.2, 0) is 14.8 Å². The summed E-state index contributed by atoms with van der Waals surface area (Å²) in [6.07, 6.45) is 1.49. The molecule has 10 heteroatoms. The topological polar surface area (TPSA) is 140 Å². The van der Waals surface area contributed by atoms with Crippen LogP contribution in [0.4, 0.5) is 0 Å². The van der Waals surface area contributed by atoms with Crippen LogP contribution in [0.5, 0.6) is 0 Å². The second-order valence-corrected chi connectivity index (χ2v) is 7.47. The molecule has 1 aliphatic heterocycles. The molecule has 0 radical (unpaired) electrons. The molecule has 0 bridgehead atoms. The lowest BCUT2D eigenvalue weighted by Gasteiger charge is -2.31. The minimum absolute atomic E-state index is 0.124. The zero-order chi connectivity index (χ0) is 17.5. The quantitative estimate of drug-likeness (QED) is 0.655. The van der Waals surface area contributed by atoms with E-state index in [4.69, 9.17) is 0 Å². The van der Waals surface area contributed by atoms with E-state index in [1.165, 1.54) is 18.2 Å². The first-order valence-corrected chi connectivity index (χ1v) is 8.76. The summed E-state index contributed by atoms with van der Waals surface area (Å²) < 4.78 is 26.6. The molecule has 1 atom stereocenters. The predicted molar refractivity (Wildman–Crippen MR) is 84.4 cm³/mol. The summed E-state index contributed by atoms with van der Waals surface area (Å²) >= 11 is 0. The van der Waals surface area contributed by atoms with Crippen LogP contribution in [0.1, 0.15) is 19.3 Å². The Bertz CT molecular complexity index is 1020. The van der Waals surface area contributed by atoms with Crippen molar-refractivity contribution in [1.29, 1.82) is 0 Å². The molecule has 0 amide bonds. The van der Waals surface area contributed by atoms with E-state index in [1.807, 2.05) is 0 Å². The zero-order valence-electron chi connectivity index (χ0n) is 12.5. The highest BCUT2D eigenvalue weighted by molar-refractivity contribution is 7.89. The molecule has 9 nitrogen and oxygen atoms in total. The van der Waals surface area contributed by atoms with Crippen molar-refractivity contribution in [3.05, 3.63) is 38.9 Å². The number of carbonyl (C=O) groups is 1. The second kappa shape index (κ2) is 5.87. The minimum atomic E-state index is -4.03. The number of hydrogen-bond acceptors (Lipinski definition) is 5. The third kappa shape index (κ3) is 2.74. The Morgan fingerprint density at radius 2 is 1.79 bits per heavy atom. The molecule has 1 aromatic carbocycles. The van der Waals surface area contributed by atoms with Gasteiger partial charge in [-0.25, -0.2) is 8.42 Å². The Balaban J connectivity index is 2.10. The van der Waals surface area contributed by atoms with Crippen molar-refractivity contribution in [2.45, 2.75) is 30.2 Å². The van der Waals surface area contributed by atoms with Crippen LogP contribution in [0.3, 0.4) is 0 Å². The maximum atomic E-state index is 12.8. The summed E-state index contributed by atoms with van der Waals surface area (Å²) in [5.74, 6) is -1.18. The van der Waals surface area contributed by atoms with E-state index in [0.29, 0.717) is 12.8 Å². The number of nitrogens with one attached hydrogen (secondary N) is 2. The summed E-state index contributed by atoms with van der Waals surface area (Å²) in [7, 11) is -4.03. The number of sulfonamides is 1.